The van der Waals surface area contributed by atoms with E-state index in [1.807, 2.05) is 33.3 Å². The maximum atomic E-state index is 10.9. The molecule has 7 nitrogen and oxygen atoms in total. The number of fused-ring (bicyclic) bond motifs is 2. The second-order valence-corrected chi connectivity index (χ2v) is 6.63. The van der Waals surface area contributed by atoms with Crippen LogP contribution in [0.25, 0.3) is 0 Å². The minimum Gasteiger partial charge on any atom is -0.468 e. The van der Waals surface area contributed by atoms with Gasteiger partial charge in [0.25, 0.3) is 0 Å². The zero-order chi connectivity index (χ0) is 16.4. The molecule has 0 aromatic carbocycles. The molecule has 23 heavy (non-hydrogen) atoms. The molecule has 2 saturated heterocycles. The molecule has 7 heteroatoms. The third-order valence-corrected chi connectivity index (χ3v) is 4.63. The first-order valence-corrected chi connectivity index (χ1v) is 8.12. The lowest BCUT2D eigenvalue weighted by molar-refractivity contribution is -0.179. The number of hydrogen-bond acceptors (Lipinski definition) is 7. The molecular weight excluding hydrogens is 298 g/mol. The summed E-state index contributed by atoms with van der Waals surface area (Å²) in [7, 11) is 6.08. The quantitative estimate of drug-likeness (QED) is 0.714. The molecule has 2 aliphatic rings. The Kier molecular flexibility index (Phi) is 5.35. The Hall–Kier alpha value is -0.960. The van der Waals surface area contributed by atoms with Crippen LogP contribution < -0.4 is 5.32 Å². The molecule has 1 aromatic rings. The molecular formula is C16H27N3O4. The van der Waals surface area contributed by atoms with Crippen molar-refractivity contribution in [3.05, 3.63) is 24.2 Å². The predicted molar refractivity (Wildman–Crippen MR) is 84.9 cm³/mol. The number of hydrogen-bond donors (Lipinski definition) is 2. The van der Waals surface area contributed by atoms with Crippen LogP contribution in [-0.2, 0) is 16.0 Å². The van der Waals surface area contributed by atoms with Crippen molar-refractivity contribution >= 4 is 0 Å². The van der Waals surface area contributed by atoms with Gasteiger partial charge in [-0.15, -0.1) is 0 Å². The molecule has 2 bridgehead atoms. The molecule has 5 unspecified atom stereocenters. The maximum absolute atomic E-state index is 10.9. The highest BCUT2D eigenvalue weighted by Crippen LogP contribution is 2.31. The van der Waals surface area contributed by atoms with Crippen molar-refractivity contribution in [3.8, 4) is 0 Å². The summed E-state index contributed by atoms with van der Waals surface area (Å²) in [5.41, 5.74) is 0. The minimum atomic E-state index is -0.552. The molecule has 0 radical (unpaired) electrons. The minimum absolute atomic E-state index is 0.122. The molecule has 2 fully saturated rings. The molecule has 0 spiro atoms. The van der Waals surface area contributed by atoms with E-state index in [1.165, 1.54) is 0 Å². The molecule has 0 aliphatic carbocycles. The Morgan fingerprint density at radius 1 is 1.30 bits per heavy atom. The number of furan rings is 1. The highest BCUT2D eigenvalue weighted by molar-refractivity contribution is 5.03. The van der Waals surface area contributed by atoms with Crippen LogP contribution in [0.15, 0.2) is 22.8 Å². The largest absolute Gasteiger partial charge is 0.468 e. The number of rotatable bonds is 7. The van der Waals surface area contributed by atoms with Gasteiger partial charge in [0.05, 0.1) is 37.6 Å². The Bertz CT molecular complexity index is 482. The maximum Gasteiger partial charge on any atom is 0.176 e. The third kappa shape index (κ3) is 3.76. The van der Waals surface area contributed by atoms with Crippen molar-refractivity contribution in [1.29, 1.82) is 0 Å². The van der Waals surface area contributed by atoms with Crippen molar-refractivity contribution in [2.45, 2.75) is 37.1 Å². The first kappa shape index (κ1) is 16.9. The summed E-state index contributed by atoms with van der Waals surface area (Å²) in [6.07, 6.45) is 0.618. The number of nitrogens with zero attached hydrogens (tertiary/aromatic N) is 2. The van der Waals surface area contributed by atoms with Crippen molar-refractivity contribution in [2.75, 3.05) is 40.8 Å². The standard InChI is InChI=1S/C16H27N3O4/c1-18(2)6-7-19(3)14-15(20)13(12-10-22-16(14)23-12)17-9-11-5-4-8-21-11/h4-5,8,12-17,20H,6-7,9-10H2,1-3H3. The lowest BCUT2D eigenvalue weighted by Crippen LogP contribution is -2.64. The van der Waals surface area contributed by atoms with Crippen molar-refractivity contribution in [2.24, 2.45) is 0 Å². The molecule has 2 N–H and O–H groups in total. The van der Waals surface area contributed by atoms with E-state index in [2.05, 4.69) is 15.1 Å². The second-order valence-electron chi connectivity index (χ2n) is 6.63. The highest BCUT2D eigenvalue weighted by Gasteiger charge is 2.51. The smallest absolute Gasteiger partial charge is 0.176 e. The Morgan fingerprint density at radius 3 is 2.83 bits per heavy atom. The van der Waals surface area contributed by atoms with Gasteiger partial charge < -0.3 is 29.2 Å². The van der Waals surface area contributed by atoms with Gasteiger partial charge in [-0.2, -0.15) is 0 Å². The van der Waals surface area contributed by atoms with E-state index >= 15 is 0 Å². The summed E-state index contributed by atoms with van der Waals surface area (Å²) in [6, 6.07) is 3.42. The molecule has 130 valence electrons. The summed E-state index contributed by atoms with van der Waals surface area (Å²) in [6.45, 7) is 2.83. The van der Waals surface area contributed by atoms with Gasteiger partial charge in [0.15, 0.2) is 6.29 Å². The van der Waals surface area contributed by atoms with Gasteiger partial charge in [-0.25, -0.2) is 0 Å². The summed E-state index contributed by atoms with van der Waals surface area (Å²) >= 11 is 0. The second kappa shape index (κ2) is 7.29. The Labute approximate surface area is 137 Å². The lowest BCUT2D eigenvalue weighted by atomic mass is 9.95. The van der Waals surface area contributed by atoms with Gasteiger partial charge >= 0.3 is 0 Å². The fourth-order valence-corrected chi connectivity index (χ4v) is 3.26. The molecule has 5 atom stereocenters. The van der Waals surface area contributed by atoms with Crippen LogP contribution in [0.1, 0.15) is 5.76 Å². The average molecular weight is 325 g/mol. The van der Waals surface area contributed by atoms with Crippen LogP contribution in [0.4, 0.5) is 0 Å². The van der Waals surface area contributed by atoms with Crippen molar-refractivity contribution in [3.63, 3.8) is 0 Å². The summed E-state index contributed by atoms with van der Waals surface area (Å²) in [5, 5.41) is 14.2. The fraction of sp³-hybridized carbons (Fsp3) is 0.750. The van der Waals surface area contributed by atoms with E-state index in [1.54, 1.807) is 6.26 Å². The molecule has 0 amide bonds. The summed E-state index contributed by atoms with van der Waals surface area (Å²) < 4.78 is 17.1. The number of ether oxygens (including phenoxy) is 2. The first-order valence-electron chi connectivity index (χ1n) is 8.12. The van der Waals surface area contributed by atoms with Crippen LogP contribution in [0.3, 0.4) is 0 Å². The predicted octanol–water partition coefficient (Wildman–Crippen LogP) is -0.284. The van der Waals surface area contributed by atoms with Crippen LogP contribution in [0.5, 0.6) is 0 Å². The number of aliphatic hydroxyl groups is 1. The van der Waals surface area contributed by atoms with Gasteiger partial charge in [0.1, 0.15) is 11.9 Å². The fourth-order valence-electron chi connectivity index (χ4n) is 3.26. The molecule has 0 saturated carbocycles. The van der Waals surface area contributed by atoms with E-state index in [-0.39, 0.29) is 24.5 Å². The highest BCUT2D eigenvalue weighted by atomic mass is 16.7. The molecule has 3 heterocycles. The summed E-state index contributed by atoms with van der Waals surface area (Å²) in [4.78, 5) is 4.25. The number of likely N-dealkylation sites (N-methyl/N-ethyl adjacent to an activating group) is 2. The van der Waals surface area contributed by atoms with Gasteiger partial charge in [-0.3, -0.25) is 4.90 Å². The first-order chi connectivity index (χ1) is 11.1. The molecule has 1 aromatic heterocycles. The number of aliphatic hydroxyl groups excluding tert-OH is 1. The van der Waals surface area contributed by atoms with Crippen LogP contribution in [0.2, 0.25) is 0 Å². The van der Waals surface area contributed by atoms with Gasteiger partial charge in [-0.1, -0.05) is 0 Å². The van der Waals surface area contributed by atoms with Crippen molar-refractivity contribution in [1.82, 2.24) is 15.1 Å². The third-order valence-electron chi connectivity index (χ3n) is 4.63. The SMILES string of the molecule is CN(C)CCN(C)C1C2OCC(O2)C(NCc2ccco2)C1O. The van der Waals surface area contributed by atoms with Crippen molar-refractivity contribution < 1.29 is 19.0 Å². The van der Waals surface area contributed by atoms with E-state index in [0.29, 0.717) is 13.2 Å². The Morgan fingerprint density at radius 2 is 2.13 bits per heavy atom. The van der Waals surface area contributed by atoms with Gasteiger partial charge in [0.2, 0.25) is 0 Å². The number of nitrogens with one attached hydrogen (secondary N) is 1. The zero-order valence-corrected chi connectivity index (χ0v) is 14.0. The van der Waals surface area contributed by atoms with E-state index in [9.17, 15) is 5.11 Å². The van der Waals surface area contributed by atoms with E-state index < -0.39 is 6.10 Å². The molecule has 2 aliphatic heterocycles. The Balaban J connectivity index is 1.63. The van der Waals surface area contributed by atoms with Crippen LogP contribution >= 0.6 is 0 Å². The van der Waals surface area contributed by atoms with Gasteiger partial charge in [-0.05, 0) is 33.3 Å². The van der Waals surface area contributed by atoms with E-state index in [0.717, 1.165) is 18.8 Å². The van der Waals surface area contributed by atoms with Crippen LogP contribution in [0, 0.1) is 0 Å². The average Bonchev–Trinajstić information content (AvgIpc) is 3.16. The van der Waals surface area contributed by atoms with E-state index in [4.69, 9.17) is 13.9 Å². The van der Waals surface area contributed by atoms with Gasteiger partial charge in [0, 0.05) is 13.1 Å². The normalized spacial score (nSPS) is 33.7. The topological polar surface area (TPSA) is 70.3 Å². The monoisotopic (exact) mass is 325 g/mol. The lowest BCUT2D eigenvalue weighted by Gasteiger charge is -2.43. The molecule has 3 rings (SSSR count). The summed E-state index contributed by atoms with van der Waals surface area (Å²) in [5.74, 6) is 0.843. The van der Waals surface area contributed by atoms with Crippen LogP contribution in [-0.4, -0.2) is 86.3 Å². The zero-order valence-electron chi connectivity index (χ0n) is 14.0.